The molecule has 0 radical (unpaired) electrons. The highest BCUT2D eigenvalue weighted by atomic mass is 16.6. The van der Waals surface area contributed by atoms with E-state index in [0.29, 0.717) is 32.5 Å². The fraction of sp³-hybridized carbons (Fsp3) is 0.640. The van der Waals surface area contributed by atoms with Crippen LogP contribution in [0.4, 0.5) is 4.79 Å². The smallest absolute Gasteiger partial charge is 0.410 e. The summed E-state index contributed by atoms with van der Waals surface area (Å²) in [4.78, 5) is 43.6. The molecule has 8 nitrogen and oxygen atoms in total. The summed E-state index contributed by atoms with van der Waals surface area (Å²) in [5.74, 6) is -1.03. The maximum atomic E-state index is 12.9. The van der Waals surface area contributed by atoms with Crippen LogP contribution in [0.1, 0.15) is 46.1 Å². The average molecular weight is 460 g/mol. The van der Waals surface area contributed by atoms with Gasteiger partial charge in [0.15, 0.2) is 6.10 Å². The molecule has 182 valence electrons. The summed E-state index contributed by atoms with van der Waals surface area (Å²) < 4.78 is 11.0. The lowest BCUT2D eigenvalue weighted by atomic mass is 9.98. The molecule has 2 amide bonds. The van der Waals surface area contributed by atoms with E-state index < -0.39 is 29.7 Å². The van der Waals surface area contributed by atoms with E-state index in [1.54, 1.807) is 16.7 Å². The Morgan fingerprint density at radius 2 is 1.67 bits per heavy atom. The quantitative estimate of drug-likeness (QED) is 0.630. The molecule has 0 saturated carbocycles. The summed E-state index contributed by atoms with van der Waals surface area (Å²) in [6, 6.07) is 10.3. The molecule has 2 saturated heterocycles. The highest BCUT2D eigenvalue weighted by Crippen LogP contribution is 2.21. The number of carbonyl (C=O) groups is 3. The van der Waals surface area contributed by atoms with Gasteiger partial charge in [-0.3, -0.25) is 14.5 Å². The lowest BCUT2D eigenvalue weighted by Crippen LogP contribution is -2.51. The zero-order chi connectivity index (χ0) is 24.0. The molecule has 0 spiro atoms. The molecule has 0 bridgehead atoms. The van der Waals surface area contributed by atoms with E-state index in [2.05, 4.69) is 17.0 Å². The van der Waals surface area contributed by atoms with Gasteiger partial charge in [-0.25, -0.2) is 4.79 Å². The SMILES string of the molecule is CC(OC(=O)C1CCCN(C(=O)OC(C)(C)C)C1)C(=O)N1CCN(Cc2ccccc2)CC1. The Balaban J connectivity index is 1.44. The van der Waals surface area contributed by atoms with Crippen molar-refractivity contribution in [2.24, 2.45) is 5.92 Å². The minimum Gasteiger partial charge on any atom is -0.452 e. The molecule has 33 heavy (non-hydrogen) atoms. The van der Waals surface area contributed by atoms with Gasteiger partial charge in [-0.1, -0.05) is 30.3 Å². The fourth-order valence-electron chi connectivity index (χ4n) is 4.21. The lowest BCUT2D eigenvalue weighted by molar-refractivity contribution is -0.164. The number of carbonyl (C=O) groups excluding carboxylic acids is 3. The molecule has 0 aliphatic carbocycles. The number of hydrogen-bond donors (Lipinski definition) is 0. The van der Waals surface area contributed by atoms with Crippen molar-refractivity contribution < 1.29 is 23.9 Å². The second-order valence-corrected chi connectivity index (χ2v) is 9.93. The third-order valence-electron chi connectivity index (χ3n) is 5.98. The van der Waals surface area contributed by atoms with Gasteiger partial charge < -0.3 is 19.3 Å². The van der Waals surface area contributed by atoms with Gasteiger partial charge >= 0.3 is 12.1 Å². The van der Waals surface area contributed by atoms with Gasteiger partial charge in [-0.15, -0.1) is 0 Å². The Kier molecular flexibility index (Phi) is 8.35. The van der Waals surface area contributed by atoms with Crippen molar-refractivity contribution in [3.8, 4) is 0 Å². The first-order chi connectivity index (χ1) is 15.6. The first-order valence-corrected chi connectivity index (χ1v) is 11.9. The largest absolute Gasteiger partial charge is 0.452 e. The summed E-state index contributed by atoms with van der Waals surface area (Å²) in [7, 11) is 0. The maximum absolute atomic E-state index is 12.9. The number of nitrogens with zero attached hydrogens (tertiary/aromatic N) is 3. The number of esters is 1. The van der Waals surface area contributed by atoms with Gasteiger partial charge in [0, 0.05) is 45.8 Å². The van der Waals surface area contributed by atoms with Crippen molar-refractivity contribution in [1.82, 2.24) is 14.7 Å². The molecular formula is C25H37N3O5. The van der Waals surface area contributed by atoms with Crippen molar-refractivity contribution in [2.45, 2.75) is 58.8 Å². The van der Waals surface area contributed by atoms with Gasteiger partial charge in [0.2, 0.25) is 0 Å². The summed E-state index contributed by atoms with van der Waals surface area (Å²) in [5.41, 5.74) is 0.670. The van der Waals surface area contributed by atoms with E-state index >= 15 is 0 Å². The monoisotopic (exact) mass is 459 g/mol. The number of likely N-dealkylation sites (tertiary alicyclic amines) is 1. The Morgan fingerprint density at radius 3 is 2.30 bits per heavy atom. The number of ether oxygens (including phenoxy) is 2. The topological polar surface area (TPSA) is 79.4 Å². The van der Waals surface area contributed by atoms with Gasteiger partial charge in [-0.2, -0.15) is 0 Å². The summed E-state index contributed by atoms with van der Waals surface area (Å²) in [6.45, 7) is 11.6. The van der Waals surface area contributed by atoms with E-state index in [-0.39, 0.29) is 12.5 Å². The number of hydrogen-bond acceptors (Lipinski definition) is 6. The molecule has 0 aromatic heterocycles. The van der Waals surface area contributed by atoms with E-state index in [9.17, 15) is 14.4 Å². The Labute approximate surface area is 196 Å². The molecule has 2 heterocycles. The minimum atomic E-state index is -0.838. The molecule has 1 aromatic rings. The second-order valence-electron chi connectivity index (χ2n) is 9.93. The maximum Gasteiger partial charge on any atom is 0.410 e. The molecule has 0 N–H and O–H groups in total. The first-order valence-electron chi connectivity index (χ1n) is 11.9. The molecular weight excluding hydrogens is 422 g/mol. The minimum absolute atomic E-state index is 0.164. The molecule has 2 atom stereocenters. The van der Waals surface area contributed by atoms with Crippen molar-refractivity contribution >= 4 is 18.0 Å². The van der Waals surface area contributed by atoms with Gasteiger partial charge in [0.1, 0.15) is 5.60 Å². The number of piperidine rings is 1. The lowest BCUT2D eigenvalue weighted by Gasteiger charge is -2.36. The molecule has 2 aliphatic rings. The van der Waals surface area contributed by atoms with Crippen LogP contribution in [0.5, 0.6) is 0 Å². The third kappa shape index (κ3) is 7.45. The molecule has 8 heteroatoms. The number of amides is 2. The van der Waals surface area contributed by atoms with Gasteiger partial charge in [0.05, 0.1) is 5.92 Å². The standard InChI is InChI=1S/C25H37N3O5/c1-19(22(29)27-15-13-26(14-16-27)17-20-9-6-5-7-10-20)32-23(30)21-11-8-12-28(18-21)24(31)33-25(2,3)4/h5-7,9-10,19,21H,8,11-18H2,1-4H3. The fourth-order valence-corrected chi connectivity index (χ4v) is 4.21. The predicted octanol–water partition coefficient (Wildman–Crippen LogP) is 2.91. The van der Waals surface area contributed by atoms with Crippen LogP contribution in [-0.4, -0.2) is 83.6 Å². The van der Waals surface area contributed by atoms with Crippen molar-refractivity contribution in [1.29, 1.82) is 0 Å². The second kappa shape index (κ2) is 11.0. The molecule has 3 rings (SSSR count). The normalized spacial score (nSPS) is 20.8. The van der Waals surface area contributed by atoms with Crippen molar-refractivity contribution in [2.75, 3.05) is 39.3 Å². The Hall–Kier alpha value is -2.61. The van der Waals surface area contributed by atoms with Crippen molar-refractivity contribution in [3.05, 3.63) is 35.9 Å². The Morgan fingerprint density at radius 1 is 1.00 bits per heavy atom. The van der Waals surface area contributed by atoms with E-state index in [1.807, 2.05) is 39.0 Å². The third-order valence-corrected chi connectivity index (χ3v) is 5.98. The molecule has 2 fully saturated rings. The molecule has 1 aromatic carbocycles. The van der Waals surface area contributed by atoms with Gasteiger partial charge in [-0.05, 0) is 46.1 Å². The van der Waals surface area contributed by atoms with Gasteiger partial charge in [0.25, 0.3) is 5.91 Å². The van der Waals surface area contributed by atoms with Crippen LogP contribution >= 0.6 is 0 Å². The summed E-state index contributed by atoms with van der Waals surface area (Å²) >= 11 is 0. The van der Waals surface area contributed by atoms with E-state index in [0.717, 1.165) is 19.6 Å². The highest BCUT2D eigenvalue weighted by Gasteiger charge is 2.34. The zero-order valence-corrected chi connectivity index (χ0v) is 20.3. The predicted molar refractivity (Wildman–Crippen MR) is 124 cm³/mol. The van der Waals surface area contributed by atoms with Crippen LogP contribution < -0.4 is 0 Å². The zero-order valence-electron chi connectivity index (χ0n) is 20.3. The molecule has 2 unspecified atom stereocenters. The number of benzene rings is 1. The Bertz CT molecular complexity index is 815. The van der Waals surface area contributed by atoms with Crippen LogP contribution in [0, 0.1) is 5.92 Å². The highest BCUT2D eigenvalue weighted by molar-refractivity contribution is 5.84. The van der Waals surface area contributed by atoms with Crippen LogP contribution in [0.25, 0.3) is 0 Å². The molecule has 2 aliphatic heterocycles. The number of rotatable bonds is 5. The van der Waals surface area contributed by atoms with E-state index in [1.165, 1.54) is 5.56 Å². The average Bonchev–Trinajstić information content (AvgIpc) is 2.78. The van der Waals surface area contributed by atoms with Crippen LogP contribution in [0.15, 0.2) is 30.3 Å². The summed E-state index contributed by atoms with van der Waals surface area (Å²) in [6.07, 6.45) is 0.0784. The van der Waals surface area contributed by atoms with Crippen LogP contribution in [-0.2, 0) is 25.6 Å². The first kappa shape index (κ1) is 25.0. The summed E-state index contributed by atoms with van der Waals surface area (Å²) in [5, 5.41) is 0. The van der Waals surface area contributed by atoms with Crippen LogP contribution in [0.2, 0.25) is 0 Å². The van der Waals surface area contributed by atoms with E-state index in [4.69, 9.17) is 9.47 Å². The van der Waals surface area contributed by atoms with Crippen molar-refractivity contribution in [3.63, 3.8) is 0 Å². The van der Waals surface area contributed by atoms with Crippen LogP contribution in [0.3, 0.4) is 0 Å². The number of piperazine rings is 1.